The van der Waals surface area contributed by atoms with Gasteiger partial charge in [0.2, 0.25) is 0 Å². The quantitative estimate of drug-likeness (QED) is 0.756. The molecule has 0 bridgehead atoms. The zero-order valence-corrected chi connectivity index (χ0v) is 13.7. The number of hydrogen-bond donors (Lipinski definition) is 1. The molecule has 1 saturated carbocycles. The summed E-state index contributed by atoms with van der Waals surface area (Å²) in [6.45, 7) is 0.726. The molecule has 1 fully saturated rings. The minimum absolute atomic E-state index is 0.0978. The van der Waals surface area contributed by atoms with Crippen LogP contribution >= 0.6 is 43.5 Å². The molecule has 0 aromatic heterocycles. The Kier molecular flexibility index (Phi) is 5.10. The SMILES string of the molecule is O=C(NCC1CCC(Br)C1)c1cccc(Br)c1Cl. The minimum Gasteiger partial charge on any atom is -0.352 e. The molecule has 1 aromatic carbocycles. The lowest BCUT2D eigenvalue weighted by atomic mass is 10.1. The second-order valence-electron chi connectivity index (χ2n) is 4.59. The van der Waals surface area contributed by atoms with E-state index in [-0.39, 0.29) is 5.91 Å². The largest absolute Gasteiger partial charge is 0.352 e. The molecule has 18 heavy (non-hydrogen) atoms. The van der Waals surface area contributed by atoms with Crippen molar-refractivity contribution in [1.82, 2.24) is 5.32 Å². The summed E-state index contributed by atoms with van der Waals surface area (Å²) in [5.74, 6) is 0.476. The molecule has 5 heteroatoms. The molecule has 2 rings (SSSR count). The molecule has 1 N–H and O–H groups in total. The first-order chi connectivity index (χ1) is 8.58. The van der Waals surface area contributed by atoms with Gasteiger partial charge in [0.15, 0.2) is 0 Å². The molecule has 2 atom stereocenters. The first kappa shape index (κ1) is 14.4. The van der Waals surface area contributed by atoms with E-state index in [0.717, 1.165) is 17.4 Å². The predicted molar refractivity (Wildman–Crippen MR) is 81.5 cm³/mol. The summed E-state index contributed by atoms with van der Waals surface area (Å²) in [4.78, 5) is 12.6. The summed E-state index contributed by atoms with van der Waals surface area (Å²) in [7, 11) is 0. The number of rotatable bonds is 3. The van der Waals surface area contributed by atoms with Gasteiger partial charge in [-0.1, -0.05) is 33.6 Å². The molecule has 1 aliphatic rings. The molecule has 2 nitrogen and oxygen atoms in total. The molecule has 0 aliphatic heterocycles. The van der Waals surface area contributed by atoms with E-state index in [0.29, 0.717) is 21.3 Å². The van der Waals surface area contributed by atoms with Crippen molar-refractivity contribution in [2.75, 3.05) is 6.54 Å². The fourth-order valence-corrected chi connectivity index (χ4v) is 3.58. The Morgan fingerprint density at radius 2 is 2.22 bits per heavy atom. The lowest BCUT2D eigenvalue weighted by Crippen LogP contribution is -2.28. The van der Waals surface area contributed by atoms with Gasteiger partial charge in [0, 0.05) is 15.8 Å². The van der Waals surface area contributed by atoms with Crippen LogP contribution in [0.3, 0.4) is 0 Å². The zero-order chi connectivity index (χ0) is 13.1. The van der Waals surface area contributed by atoms with E-state index in [1.54, 1.807) is 6.07 Å². The van der Waals surface area contributed by atoms with Crippen LogP contribution in [0.2, 0.25) is 5.02 Å². The normalized spacial score (nSPS) is 23.1. The Bertz CT molecular complexity index is 453. The maximum Gasteiger partial charge on any atom is 0.252 e. The van der Waals surface area contributed by atoms with Crippen LogP contribution in [0.25, 0.3) is 0 Å². The molecule has 2 unspecified atom stereocenters. The van der Waals surface area contributed by atoms with Crippen molar-refractivity contribution >= 4 is 49.4 Å². The molecule has 1 aromatic rings. The second kappa shape index (κ2) is 6.40. The molecule has 0 heterocycles. The predicted octanol–water partition coefficient (Wildman–Crippen LogP) is 4.40. The third-order valence-electron chi connectivity index (χ3n) is 3.22. The Morgan fingerprint density at radius 1 is 1.44 bits per heavy atom. The van der Waals surface area contributed by atoms with Crippen molar-refractivity contribution in [2.45, 2.75) is 24.1 Å². The van der Waals surface area contributed by atoms with Gasteiger partial charge < -0.3 is 5.32 Å². The molecule has 0 spiro atoms. The molecular weight excluding hydrogens is 381 g/mol. The van der Waals surface area contributed by atoms with Crippen molar-refractivity contribution in [3.63, 3.8) is 0 Å². The summed E-state index contributed by atoms with van der Waals surface area (Å²) in [5.41, 5.74) is 0.527. The summed E-state index contributed by atoms with van der Waals surface area (Å²) >= 11 is 13.0. The Hall–Kier alpha value is -0.0600. The third kappa shape index (κ3) is 3.49. The molecule has 1 amide bonds. The lowest BCUT2D eigenvalue weighted by molar-refractivity contribution is 0.0947. The zero-order valence-electron chi connectivity index (χ0n) is 9.76. The Labute approximate surface area is 129 Å². The number of carbonyl (C=O) groups excluding carboxylic acids is 1. The summed E-state index contributed by atoms with van der Waals surface area (Å²) in [6, 6.07) is 5.38. The van der Waals surface area contributed by atoms with Crippen LogP contribution in [0.15, 0.2) is 22.7 Å². The van der Waals surface area contributed by atoms with Crippen molar-refractivity contribution in [1.29, 1.82) is 0 Å². The van der Waals surface area contributed by atoms with E-state index < -0.39 is 0 Å². The van der Waals surface area contributed by atoms with Crippen molar-refractivity contribution < 1.29 is 4.79 Å². The van der Waals surface area contributed by atoms with E-state index in [2.05, 4.69) is 37.2 Å². The van der Waals surface area contributed by atoms with E-state index >= 15 is 0 Å². The van der Waals surface area contributed by atoms with Gasteiger partial charge >= 0.3 is 0 Å². The number of benzene rings is 1. The van der Waals surface area contributed by atoms with E-state index in [1.807, 2.05) is 12.1 Å². The summed E-state index contributed by atoms with van der Waals surface area (Å²) < 4.78 is 0.748. The second-order valence-corrected chi connectivity index (χ2v) is 7.12. The molecule has 0 saturated heterocycles. The first-order valence-electron chi connectivity index (χ1n) is 5.94. The molecule has 98 valence electrons. The van der Waals surface area contributed by atoms with E-state index in [9.17, 15) is 4.79 Å². The highest BCUT2D eigenvalue weighted by Crippen LogP contribution is 2.30. The van der Waals surface area contributed by atoms with Gasteiger partial charge in [-0.3, -0.25) is 4.79 Å². The first-order valence-corrected chi connectivity index (χ1v) is 8.03. The monoisotopic (exact) mass is 393 g/mol. The van der Waals surface area contributed by atoms with Gasteiger partial charge in [-0.2, -0.15) is 0 Å². The topological polar surface area (TPSA) is 29.1 Å². The number of halogens is 3. The highest BCUT2D eigenvalue weighted by atomic mass is 79.9. The van der Waals surface area contributed by atoms with Crippen LogP contribution in [-0.2, 0) is 0 Å². The van der Waals surface area contributed by atoms with Gasteiger partial charge in [-0.15, -0.1) is 0 Å². The van der Waals surface area contributed by atoms with Crippen LogP contribution in [0.5, 0.6) is 0 Å². The molecular formula is C13H14Br2ClNO. The lowest BCUT2D eigenvalue weighted by Gasteiger charge is -2.12. The average molecular weight is 396 g/mol. The standard InChI is InChI=1S/C13H14Br2ClNO/c14-9-5-4-8(6-9)7-17-13(18)10-2-1-3-11(15)12(10)16/h1-3,8-9H,4-7H2,(H,17,18). The van der Waals surface area contributed by atoms with Gasteiger partial charge in [0.05, 0.1) is 10.6 Å². The number of amides is 1. The number of carbonyl (C=O) groups is 1. The fraction of sp³-hybridized carbons (Fsp3) is 0.462. The maximum atomic E-state index is 12.0. The van der Waals surface area contributed by atoms with Crippen molar-refractivity contribution in [2.24, 2.45) is 5.92 Å². The average Bonchev–Trinajstić information content (AvgIpc) is 2.76. The van der Waals surface area contributed by atoms with Crippen molar-refractivity contribution in [3.05, 3.63) is 33.3 Å². The minimum atomic E-state index is -0.0978. The Morgan fingerprint density at radius 3 is 2.89 bits per heavy atom. The van der Waals surface area contributed by atoms with Crippen LogP contribution in [0.1, 0.15) is 29.6 Å². The maximum absolute atomic E-state index is 12.0. The molecule has 0 radical (unpaired) electrons. The highest BCUT2D eigenvalue weighted by molar-refractivity contribution is 9.10. The van der Waals surface area contributed by atoms with Crippen LogP contribution in [-0.4, -0.2) is 17.3 Å². The molecule has 1 aliphatic carbocycles. The number of alkyl halides is 1. The van der Waals surface area contributed by atoms with Gasteiger partial charge in [-0.05, 0) is 53.2 Å². The number of nitrogens with one attached hydrogen (secondary N) is 1. The number of hydrogen-bond acceptors (Lipinski definition) is 1. The van der Waals surface area contributed by atoms with Gasteiger partial charge in [0.1, 0.15) is 0 Å². The third-order valence-corrected chi connectivity index (χ3v) is 5.35. The smallest absolute Gasteiger partial charge is 0.252 e. The fourth-order valence-electron chi connectivity index (χ4n) is 2.21. The van der Waals surface area contributed by atoms with E-state index in [4.69, 9.17) is 11.6 Å². The highest BCUT2D eigenvalue weighted by Gasteiger charge is 2.23. The van der Waals surface area contributed by atoms with Crippen LogP contribution in [0, 0.1) is 5.92 Å². The van der Waals surface area contributed by atoms with E-state index in [1.165, 1.54) is 12.8 Å². The Balaban J connectivity index is 1.94. The van der Waals surface area contributed by atoms with Crippen LogP contribution < -0.4 is 5.32 Å². The van der Waals surface area contributed by atoms with Crippen molar-refractivity contribution in [3.8, 4) is 0 Å². The summed E-state index contributed by atoms with van der Waals surface area (Å²) in [5, 5.41) is 3.44. The van der Waals surface area contributed by atoms with Gasteiger partial charge in [-0.25, -0.2) is 0 Å². The van der Waals surface area contributed by atoms with Gasteiger partial charge in [0.25, 0.3) is 5.91 Å². The summed E-state index contributed by atoms with van der Waals surface area (Å²) in [6.07, 6.45) is 3.49. The van der Waals surface area contributed by atoms with Crippen LogP contribution in [0.4, 0.5) is 0 Å².